The number of alkyl halides is 3. The van der Waals surface area contributed by atoms with Gasteiger partial charge in [0.15, 0.2) is 0 Å². The highest BCUT2D eigenvalue weighted by molar-refractivity contribution is 6.69. The van der Waals surface area contributed by atoms with E-state index in [9.17, 15) is 13.2 Å². The summed E-state index contributed by atoms with van der Waals surface area (Å²) in [6, 6.07) is 7.87. The van der Waals surface area contributed by atoms with E-state index < -0.39 is 20.4 Å². The van der Waals surface area contributed by atoms with Gasteiger partial charge in [0.2, 0.25) is 0 Å². The first kappa shape index (κ1) is 13.3. The standard InChI is InChI=1S/C11H15F3OSi/c1-10(2,3)15-16(11(12,13)14)9-7-5-4-6-8-9/h4-8,16H,1-3H3. The molecule has 0 N–H and O–H groups in total. The van der Waals surface area contributed by atoms with E-state index in [4.69, 9.17) is 4.43 Å². The summed E-state index contributed by atoms with van der Waals surface area (Å²) in [5.74, 6) is -4.26. The predicted octanol–water partition coefficient (Wildman–Crippen LogP) is 2.53. The van der Waals surface area contributed by atoms with Crippen molar-refractivity contribution in [1.29, 1.82) is 0 Å². The number of hydrogen-bond acceptors (Lipinski definition) is 1. The van der Waals surface area contributed by atoms with Gasteiger partial charge < -0.3 is 4.43 Å². The Balaban J connectivity index is 2.98. The van der Waals surface area contributed by atoms with Crippen molar-refractivity contribution < 1.29 is 17.6 Å². The van der Waals surface area contributed by atoms with Crippen LogP contribution in [0.4, 0.5) is 13.2 Å². The van der Waals surface area contributed by atoms with Crippen molar-refractivity contribution in [2.24, 2.45) is 0 Å². The molecule has 0 spiro atoms. The molecule has 1 atom stereocenters. The van der Waals surface area contributed by atoms with Crippen LogP contribution in [-0.2, 0) is 4.43 Å². The molecular formula is C11H15F3OSi. The fraction of sp³-hybridized carbons (Fsp3) is 0.455. The van der Waals surface area contributed by atoms with Gasteiger partial charge in [-0.3, -0.25) is 0 Å². The largest absolute Gasteiger partial charge is 0.402 e. The van der Waals surface area contributed by atoms with Crippen LogP contribution in [-0.4, -0.2) is 20.4 Å². The summed E-state index contributed by atoms with van der Waals surface area (Å²) < 4.78 is 43.8. The average molecular weight is 248 g/mol. The molecule has 0 fully saturated rings. The molecule has 5 heteroatoms. The van der Waals surface area contributed by atoms with E-state index in [1.54, 1.807) is 39.0 Å². The third-order valence-corrected chi connectivity index (χ3v) is 4.40. The molecule has 1 rings (SSSR count). The Morgan fingerprint density at radius 3 is 1.88 bits per heavy atom. The van der Waals surface area contributed by atoms with Crippen molar-refractivity contribution in [3.8, 4) is 0 Å². The van der Waals surface area contributed by atoms with Crippen LogP contribution in [0.3, 0.4) is 0 Å². The Morgan fingerprint density at radius 1 is 1.00 bits per heavy atom. The van der Waals surface area contributed by atoms with Crippen LogP contribution in [0, 0.1) is 0 Å². The van der Waals surface area contributed by atoms with Crippen molar-refractivity contribution >= 4 is 14.2 Å². The average Bonchev–Trinajstić information content (AvgIpc) is 2.13. The van der Waals surface area contributed by atoms with Crippen molar-refractivity contribution in [1.82, 2.24) is 0 Å². The maximum atomic E-state index is 12.9. The molecule has 90 valence electrons. The molecule has 1 unspecified atom stereocenters. The smallest absolute Gasteiger partial charge is 0.390 e. The van der Waals surface area contributed by atoms with Gasteiger partial charge in [0.25, 0.3) is 0 Å². The molecule has 0 aliphatic carbocycles. The molecule has 1 nitrogen and oxygen atoms in total. The third kappa shape index (κ3) is 3.98. The first-order valence-corrected chi connectivity index (χ1v) is 6.62. The van der Waals surface area contributed by atoms with Crippen molar-refractivity contribution in [3.63, 3.8) is 0 Å². The lowest BCUT2D eigenvalue weighted by molar-refractivity contribution is -0.0730. The molecule has 0 bridgehead atoms. The summed E-state index contributed by atoms with van der Waals surface area (Å²) in [6.45, 7) is 4.92. The van der Waals surface area contributed by atoms with Gasteiger partial charge in [-0.1, -0.05) is 30.3 Å². The van der Waals surface area contributed by atoms with Gasteiger partial charge >= 0.3 is 14.8 Å². The normalized spacial score (nSPS) is 14.9. The molecule has 0 aromatic heterocycles. The first-order chi connectivity index (χ1) is 7.20. The van der Waals surface area contributed by atoms with Gasteiger partial charge in [-0.05, 0) is 26.0 Å². The highest BCUT2D eigenvalue weighted by atomic mass is 28.3. The number of benzene rings is 1. The van der Waals surface area contributed by atoms with E-state index in [1.165, 1.54) is 12.1 Å². The molecule has 0 amide bonds. The van der Waals surface area contributed by atoms with Crippen LogP contribution in [0.1, 0.15) is 20.8 Å². The lowest BCUT2D eigenvalue weighted by Gasteiger charge is -2.28. The second-order valence-electron chi connectivity index (χ2n) is 4.56. The zero-order chi connectivity index (χ0) is 12.4. The van der Waals surface area contributed by atoms with Gasteiger partial charge in [-0.15, -0.1) is 0 Å². The van der Waals surface area contributed by atoms with Crippen LogP contribution >= 0.6 is 0 Å². The van der Waals surface area contributed by atoms with E-state index in [0.717, 1.165) is 0 Å². The maximum absolute atomic E-state index is 12.9. The molecule has 16 heavy (non-hydrogen) atoms. The van der Waals surface area contributed by atoms with Crippen molar-refractivity contribution in [2.75, 3.05) is 0 Å². The molecule has 0 radical (unpaired) electrons. The summed E-state index contributed by atoms with van der Waals surface area (Å²) in [6.07, 6.45) is 0. The second kappa shape index (κ2) is 4.59. The molecule has 0 aliphatic rings. The minimum Gasteiger partial charge on any atom is -0.402 e. The van der Waals surface area contributed by atoms with Crippen LogP contribution in [0.15, 0.2) is 30.3 Å². The predicted molar refractivity (Wildman–Crippen MR) is 60.1 cm³/mol. The molecular weight excluding hydrogens is 233 g/mol. The van der Waals surface area contributed by atoms with Crippen LogP contribution in [0.2, 0.25) is 0 Å². The minimum absolute atomic E-state index is 0.268. The van der Waals surface area contributed by atoms with Gasteiger partial charge in [0.05, 0.1) is 0 Å². The Kier molecular flexibility index (Phi) is 3.80. The summed E-state index contributed by atoms with van der Waals surface area (Å²) in [4.78, 5) is 0. The highest BCUT2D eigenvalue weighted by Crippen LogP contribution is 2.23. The molecule has 0 saturated heterocycles. The van der Waals surface area contributed by atoms with Crippen LogP contribution in [0.25, 0.3) is 0 Å². The van der Waals surface area contributed by atoms with E-state index in [-0.39, 0.29) is 5.19 Å². The van der Waals surface area contributed by atoms with Crippen LogP contribution < -0.4 is 5.19 Å². The Morgan fingerprint density at radius 2 is 1.50 bits per heavy atom. The van der Waals surface area contributed by atoms with Gasteiger partial charge in [0.1, 0.15) is 0 Å². The summed E-state index contributed by atoms with van der Waals surface area (Å²) in [7, 11) is -3.41. The fourth-order valence-electron chi connectivity index (χ4n) is 1.31. The molecule has 0 heterocycles. The molecule has 0 aliphatic heterocycles. The zero-order valence-electron chi connectivity index (χ0n) is 9.51. The van der Waals surface area contributed by atoms with E-state index >= 15 is 0 Å². The fourth-order valence-corrected chi connectivity index (χ4v) is 3.23. The topological polar surface area (TPSA) is 9.23 Å². The molecule has 1 aromatic rings. The molecule has 1 aromatic carbocycles. The van der Waals surface area contributed by atoms with E-state index in [2.05, 4.69) is 0 Å². The van der Waals surface area contributed by atoms with E-state index in [0.29, 0.717) is 0 Å². The first-order valence-electron chi connectivity index (χ1n) is 4.99. The lowest BCUT2D eigenvalue weighted by atomic mass is 10.2. The Labute approximate surface area is 95.0 Å². The van der Waals surface area contributed by atoms with Gasteiger partial charge in [0, 0.05) is 5.60 Å². The summed E-state index contributed by atoms with van der Waals surface area (Å²) in [5.41, 5.74) is -0.776. The SMILES string of the molecule is CC(C)(C)O[SiH](c1ccccc1)C(F)(F)F. The summed E-state index contributed by atoms with van der Waals surface area (Å²) >= 11 is 0. The van der Waals surface area contributed by atoms with Gasteiger partial charge in [-0.25, -0.2) is 0 Å². The van der Waals surface area contributed by atoms with Crippen molar-refractivity contribution in [3.05, 3.63) is 30.3 Å². The lowest BCUT2D eigenvalue weighted by Crippen LogP contribution is -2.51. The van der Waals surface area contributed by atoms with Crippen molar-refractivity contribution in [2.45, 2.75) is 32.2 Å². The minimum atomic E-state index is -4.26. The number of rotatable bonds is 2. The quantitative estimate of drug-likeness (QED) is 0.731. The van der Waals surface area contributed by atoms with E-state index in [1.807, 2.05) is 0 Å². The summed E-state index contributed by atoms with van der Waals surface area (Å²) in [5, 5.41) is 0.268. The zero-order valence-corrected chi connectivity index (χ0v) is 10.7. The molecule has 0 saturated carbocycles. The monoisotopic (exact) mass is 248 g/mol. The highest BCUT2D eigenvalue weighted by Gasteiger charge is 2.46. The van der Waals surface area contributed by atoms with Crippen LogP contribution in [0.5, 0.6) is 0 Å². The second-order valence-corrected chi connectivity index (χ2v) is 6.88. The number of hydrogen-bond donors (Lipinski definition) is 0. The maximum Gasteiger partial charge on any atom is 0.390 e. The third-order valence-electron chi connectivity index (χ3n) is 1.87. The Bertz CT molecular complexity index is 329. The Hall–Kier alpha value is -0.813. The number of halogens is 3. The van der Waals surface area contributed by atoms with Gasteiger partial charge in [-0.2, -0.15) is 13.2 Å².